The zero-order valence-electron chi connectivity index (χ0n) is 13.2. The molecule has 6 nitrogen and oxygen atoms in total. The molecule has 0 aliphatic carbocycles. The molecule has 120 valence electrons. The van der Waals surface area contributed by atoms with Gasteiger partial charge < -0.3 is 19.6 Å². The minimum absolute atomic E-state index is 0.118. The van der Waals surface area contributed by atoms with Gasteiger partial charge in [0.05, 0.1) is 19.9 Å². The first-order valence-corrected chi connectivity index (χ1v) is 7.42. The van der Waals surface area contributed by atoms with E-state index in [0.29, 0.717) is 24.5 Å². The molecule has 1 atom stereocenters. The lowest BCUT2D eigenvalue weighted by Gasteiger charge is -2.10. The van der Waals surface area contributed by atoms with Crippen molar-refractivity contribution in [2.45, 2.75) is 32.3 Å². The predicted octanol–water partition coefficient (Wildman–Crippen LogP) is 2.11. The van der Waals surface area contributed by atoms with Gasteiger partial charge in [0.15, 0.2) is 11.5 Å². The van der Waals surface area contributed by atoms with E-state index in [0.717, 1.165) is 24.1 Å². The minimum Gasteiger partial charge on any atom is -0.493 e. The summed E-state index contributed by atoms with van der Waals surface area (Å²) in [4.78, 5) is 17.2. The summed E-state index contributed by atoms with van der Waals surface area (Å²) >= 11 is 0. The summed E-state index contributed by atoms with van der Waals surface area (Å²) in [5.74, 6) is 1.16. The molecule has 1 aliphatic rings. The van der Waals surface area contributed by atoms with E-state index in [9.17, 15) is 4.79 Å². The third-order valence-corrected chi connectivity index (χ3v) is 3.51. The van der Waals surface area contributed by atoms with Crippen LogP contribution in [0.15, 0.2) is 23.4 Å². The van der Waals surface area contributed by atoms with Crippen molar-refractivity contribution in [1.82, 2.24) is 5.32 Å². The zero-order valence-corrected chi connectivity index (χ0v) is 13.2. The molecule has 6 heteroatoms. The highest BCUT2D eigenvalue weighted by Crippen LogP contribution is 2.29. The van der Waals surface area contributed by atoms with Gasteiger partial charge in [-0.3, -0.25) is 4.79 Å². The number of carbonyl (C=O) groups is 1. The molecule has 0 saturated heterocycles. The van der Waals surface area contributed by atoms with Gasteiger partial charge >= 0.3 is 0 Å². The summed E-state index contributed by atoms with van der Waals surface area (Å²) in [6.07, 6.45) is 1.90. The van der Waals surface area contributed by atoms with Crippen molar-refractivity contribution in [2.24, 2.45) is 5.16 Å². The van der Waals surface area contributed by atoms with Crippen molar-refractivity contribution < 1.29 is 19.1 Å². The molecule has 0 aromatic heterocycles. The van der Waals surface area contributed by atoms with E-state index < -0.39 is 6.10 Å². The molecule has 1 aromatic carbocycles. The van der Waals surface area contributed by atoms with Gasteiger partial charge in [-0.15, -0.1) is 0 Å². The Balaban J connectivity index is 1.99. The average molecular weight is 306 g/mol. The summed E-state index contributed by atoms with van der Waals surface area (Å²) in [6.45, 7) is 2.75. The quantitative estimate of drug-likeness (QED) is 0.783. The Morgan fingerprint density at radius 2 is 2.14 bits per heavy atom. The maximum atomic E-state index is 12.0. The fraction of sp³-hybridized carbons (Fsp3) is 0.500. The fourth-order valence-electron chi connectivity index (χ4n) is 2.21. The van der Waals surface area contributed by atoms with Crippen LogP contribution >= 0.6 is 0 Å². The van der Waals surface area contributed by atoms with Gasteiger partial charge in [-0.2, -0.15) is 0 Å². The van der Waals surface area contributed by atoms with Crippen LogP contribution in [0.4, 0.5) is 0 Å². The Morgan fingerprint density at radius 1 is 1.36 bits per heavy atom. The number of hydrogen-bond donors (Lipinski definition) is 1. The van der Waals surface area contributed by atoms with E-state index in [1.165, 1.54) is 0 Å². The van der Waals surface area contributed by atoms with Crippen molar-refractivity contribution >= 4 is 11.6 Å². The number of benzene rings is 1. The lowest BCUT2D eigenvalue weighted by molar-refractivity contribution is -0.131. The van der Waals surface area contributed by atoms with E-state index in [4.69, 9.17) is 14.3 Å². The molecule has 1 aliphatic heterocycles. The van der Waals surface area contributed by atoms with Crippen molar-refractivity contribution in [3.05, 3.63) is 23.8 Å². The molecule has 1 aromatic rings. The van der Waals surface area contributed by atoms with Gasteiger partial charge in [-0.1, -0.05) is 18.5 Å². The van der Waals surface area contributed by atoms with Crippen LogP contribution in [0.3, 0.4) is 0 Å². The lowest BCUT2D eigenvalue weighted by atomic mass is 10.0. The molecular formula is C16H22N2O4. The van der Waals surface area contributed by atoms with Crippen LogP contribution in [-0.4, -0.2) is 38.5 Å². The van der Waals surface area contributed by atoms with Gasteiger partial charge in [-0.05, 0) is 24.6 Å². The molecule has 0 spiro atoms. The van der Waals surface area contributed by atoms with Crippen molar-refractivity contribution in [2.75, 3.05) is 20.8 Å². The molecular weight excluding hydrogens is 284 g/mol. The molecule has 2 rings (SSSR count). The van der Waals surface area contributed by atoms with Crippen LogP contribution < -0.4 is 14.8 Å². The number of rotatable bonds is 7. The summed E-state index contributed by atoms with van der Waals surface area (Å²) in [6, 6.07) is 5.52. The number of hydrogen-bond acceptors (Lipinski definition) is 5. The lowest BCUT2D eigenvalue weighted by Crippen LogP contribution is -2.35. The Hall–Kier alpha value is -2.24. The summed E-state index contributed by atoms with van der Waals surface area (Å²) < 4.78 is 10.5. The van der Waals surface area contributed by atoms with Gasteiger partial charge in [-0.25, -0.2) is 0 Å². The second-order valence-electron chi connectivity index (χ2n) is 5.05. The molecule has 1 heterocycles. The summed E-state index contributed by atoms with van der Waals surface area (Å²) in [5.41, 5.74) is 1.60. The zero-order chi connectivity index (χ0) is 15.9. The van der Waals surface area contributed by atoms with Crippen LogP contribution in [0, 0.1) is 0 Å². The maximum absolute atomic E-state index is 12.0. The van der Waals surface area contributed by atoms with E-state index >= 15 is 0 Å². The van der Waals surface area contributed by atoms with Crippen LogP contribution in [-0.2, 0) is 9.63 Å². The summed E-state index contributed by atoms with van der Waals surface area (Å²) in [5, 5.41) is 6.88. The number of ether oxygens (including phenoxy) is 2. The maximum Gasteiger partial charge on any atom is 0.264 e. The van der Waals surface area contributed by atoms with Gasteiger partial charge in [0, 0.05) is 18.5 Å². The molecule has 1 N–H and O–H groups in total. The molecule has 0 radical (unpaired) electrons. The van der Waals surface area contributed by atoms with E-state index in [1.807, 2.05) is 18.2 Å². The normalized spacial score (nSPS) is 16.7. The molecule has 0 bridgehead atoms. The number of nitrogens with zero attached hydrogens (tertiary/aromatic N) is 1. The standard InChI is InChI=1S/C16H22N2O4/c1-4-5-8-17-16(19)15-10-12(18-22-15)11-6-7-13(20-2)14(9-11)21-3/h6-7,9,15H,4-5,8,10H2,1-3H3,(H,17,19)/t15-/m1/s1. The third kappa shape index (κ3) is 3.69. The number of amides is 1. The molecule has 0 fully saturated rings. The van der Waals surface area contributed by atoms with Crippen LogP contribution in [0.2, 0.25) is 0 Å². The molecule has 0 saturated carbocycles. The molecule has 0 unspecified atom stereocenters. The Bertz CT molecular complexity index is 557. The first-order chi connectivity index (χ1) is 10.7. The third-order valence-electron chi connectivity index (χ3n) is 3.51. The van der Waals surface area contributed by atoms with E-state index in [2.05, 4.69) is 17.4 Å². The Kier molecular flexibility index (Phi) is 5.63. The first-order valence-electron chi connectivity index (χ1n) is 7.42. The first kappa shape index (κ1) is 16.1. The van der Waals surface area contributed by atoms with Gasteiger partial charge in [0.1, 0.15) is 0 Å². The minimum atomic E-state index is -0.556. The van der Waals surface area contributed by atoms with Crippen LogP contribution in [0.25, 0.3) is 0 Å². The second kappa shape index (κ2) is 7.68. The monoisotopic (exact) mass is 306 g/mol. The average Bonchev–Trinajstić information content (AvgIpc) is 3.04. The summed E-state index contributed by atoms with van der Waals surface area (Å²) in [7, 11) is 3.17. The van der Waals surface area contributed by atoms with Crippen LogP contribution in [0.5, 0.6) is 11.5 Å². The topological polar surface area (TPSA) is 69.2 Å². The van der Waals surface area contributed by atoms with E-state index in [-0.39, 0.29) is 5.91 Å². The van der Waals surface area contributed by atoms with Gasteiger partial charge in [0.25, 0.3) is 5.91 Å². The highest BCUT2D eigenvalue weighted by atomic mass is 16.6. The van der Waals surface area contributed by atoms with Gasteiger partial charge in [0.2, 0.25) is 6.10 Å². The van der Waals surface area contributed by atoms with Crippen molar-refractivity contribution in [1.29, 1.82) is 0 Å². The predicted molar refractivity (Wildman–Crippen MR) is 83.5 cm³/mol. The molecule has 22 heavy (non-hydrogen) atoms. The SMILES string of the molecule is CCCCNC(=O)[C@H]1CC(c2ccc(OC)c(OC)c2)=NO1. The van der Waals surface area contributed by atoms with Crippen molar-refractivity contribution in [3.63, 3.8) is 0 Å². The van der Waals surface area contributed by atoms with Crippen molar-refractivity contribution in [3.8, 4) is 11.5 Å². The highest BCUT2D eigenvalue weighted by Gasteiger charge is 2.28. The Labute approximate surface area is 130 Å². The number of nitrogens with one attached hydrogen (secondary N) is 1. The fourth-order valence-corrected chi connectivity index (χ4v) is 2.21. The second-order valence-corrected chi connectivity index (χ2v) is 5.05. The number of oxime groups is 1. The van der Waals surface area contributed by atoms with Crippen LogP contribution in [0.1, 0.15) is 31.7 Å². The number of carbonyl (C=O) groups excluding carboxylic acids is 1. The molecule has 1 amide bonds. The highest BCUT2D eigenvalue weighted by molar-refractivity contribution is 6.04. The Morgan fingerprint density at radius 3 is 2.82 bits per heavy atom. The van der Waals surface area contributed by atoms with E-state index in [1.54, 1.807) is 14.2 Å². The number of unbranched alkanes of at least 4 members (excludes halogenated alkanes) is 1. The smallest absolute Gasteiger partial charge is 0.264 e. The number of methoxy groups -OCH3 is 2. The largest absolute Gasteiger partial charge is 0.493 e.